The van der Waals surface area contributed by atoms with Gasteiger partial charge in [0.15, 0.2) is 0 Å². The molecule has 0 heterocycles. The molecule has 2 rings (SSSR count). The fraction of sp³-hybridized carbons (Fsp3) is 0.158. The first-order valence-corrected chi connectivity index (χ1v) is 6.71. The van der Waals surface area contributed by atoms with Crippen LogP contribution >= 0.6 is 0 Å². The molecule has 0 aliphatic carbocycles. The van der Waals surface area contributed by atoms with Crippen molar-refractivity contribution in [1.29, 1.82) is 10.5 Å². The van der Waals surface area contributed by atoms with Crippen molar-refractivity contribution in [2.45, 2.75) is 13.8 Å². The summed E-state index contributed by atoms with van der Waals surface area (Å²) in [6.45, 7) is 3.84. The number of hydrogen-bond acceptors (Lipinski definition) is 4. The molecule has 120 valence electrons. The number of nitriles is 2. The third-order valence-corrected chi connectivity index (χ3v) is 2.23. The third kappa shape index (κ3) is 15.0. The number of rotatable bonds is 3. The highest BCUT2D eigenvalue weighted by Crippen LogP contribution is 2.03. The van der Waals surface area contributed by atoms with Crippen LogP contribution in [0.3, 0.4) is 0 Å². The molecule has 0 bridgehead atoms. The Hall–Kier alpha value is -3.24. The molecule has 0 unspecified atom stereocenters. The molecular weight excluding hydrogens is 284 g/mol. The number of nitrogens with zero attached hydrogens (tertiary/aromatic N) is 2. The summed E-state index contributed by atoms with van der Waals surface area (Å²) >= 11 is 0. The van der Waals surface area contributed by atoms with Gasteiger partial charge < -0.3 is 11.1 Å². The van der Waals surface area contributed by atoms with Crippen LogP contribution in [0.2, 0.25) is 0 Å². The summed E-state index contributed by atoms with van der Waals surface area (Å²) in [5.41, 5.74) is 7.25. The van der Waals surface area contributed by atoms with E-state index in [0.717, 1.165) is 17.9 Å². The minimum Gasteiger partial charge on any atom is -0.399 e. The molecule has 23 heavy (non-hydrogen) atoms. The Morgan fingerprint density at radius 1 is 1.00 bits per heavy atom. The monoisotopic (exact) mass is 308 g/mol. The van der Waals surface area contributed by atoms with Gasteiger partial charge in [0, 0.05) is 24.0 Å². The number of para-hydroxylation sites is 2. The highest BCUT2D eigenvalue weighted by Gasteiger charge is 1.86. The van der Waals surface area contributed by atoms with Gasteiger partial charge in [-0.15, -0.1) is 0 Å². The Morgan fingerprint density at radius 2 is 1.48 bits per heavy atom. The average Bonchev–Trinajstić information content (AvgIpc) is 2.58. The highest BCUT2D eigenvalue weighted by molar-refractivity contribution is 5.42. The molecule has 0 saturated heterocycles. The molecule has 0 saturated carbocycles. The van der Waals surface area contributed by atoms with Crippen LogP contribution in [-0.4, -0.2) is 6.54 Å². The van der Waals surface area contributed by atoms with Crippen molar-refractivity contribution < 1.29 is 0 Å². The molecule has 2 aromatic rings. The molecule has 0 amide bonds. The van der Waals surface area contributed by atoms with Crippen molar-refractivity contribution in [1.82, 2.24) is 0 Å². The summed E-state index contributed by atoms with van der Waals surface area (Å²) in [5.74, 6) is 0. The molecule has 0 aliphatic heterocycles. The van der Waals surface area contributed by atoms with E-state index in [-0.39, 0.29) is 7.43 Å². The number of allylic oxidation sites excluding steroid dienone is 1. The zero-order valence-corrected chi connectivity index (χ0v) is 12.4. The zero-order valence-electron chi connectivity index (χ0n) is 12.4. The van der Waals surface area contributed by atoms with E-state index in [9.17, 15) is 0 Å². The molecular formula is C19H24N4. The highest BCUT2D eigenvalue weighted by atomic mass is 14.9. The van der Waals surface area contributed by atoms with Crippen molar-refractivity contribution >= 4 is 11.4 Å². The van der Waals surface area contributed by atoms with Gasteiger partial charge in [-0.2, -0.15) is 10.5 Å². The van der Waals surface area contributed by atoms with Gasteiger partial charge in [0.2, 0.25) is 0 Å². The van der Waals surface area contributed by atoms with E-state index in [1.54, 1.807) is 6.07 Å². The van der Waals surface area contributed by atoms with Gasteiger partial charge in [0.05, 0.1) is 18.6 Å². The van der Waals surface area contributed by atoms with Crippen molar-refractivity contribution in [3.05, 3.63) is 73.3 Å². The Labute approximate surface area is 139 Å². The maximum Gasteiger partial charge on any atom is 0.0905 e. The van der Waals surface area contributed by atoms with Gasteiger partial charge in [-0.3, -0.25) is 0 Å². The Bertz CT molecular complexity index is 580. The molecule has 4 nitrogen and oxygen atoms in total. The van der Waals surface area contributed by atoms with Crippen LogP contribution in [0.15, 0.2) is 73.3 Å². The lowest BCUT2D eigenvalue weighted by Gasteiger charge is -2.01. The van der Waals surface area contributed by atoms with Crippen LogP contribution < -0.4 is 11.1 Å². The van der Waals surface area contributed by atoms with Crippen LogP contribution in [-0.2, 0) is 0 Å². The quantitative estimate of drug-likeness (QED) is 0.492. The number of hydrogen-bond donors (Lipinski definition) is 2. The minimum atomic E-state index is 0. The van der Waals surface area contributed by atoms with E-state index in [0.29, 0.717) is 6.42 Å². The zero-order chi connectivity index (χ0) is 16.5. The molecule has 0 fully saturated rings. The average molecular weight is 308 g/mol. The van der Waals surface area contributed by atoms with Crippen molar-refractivity contribution in [3.63, 3.8) is 0 Å². The minimum absolute atomic E-state index is 0. The summed E-state index contributed by atoms with van der Waals surface area (Å²) in [5, 5.41) is 18.9. The van der Waals surface area contributed by atoms with E-state index in [1.807, 2.05) is 60.7 Å². The first kappa shape index (κ1) is 22.0. The van der Waals surface area contributed by atoms with Gasteiger partial charge in [-0.1, -0.05) is 50.4 Å². The normalized spacial score (nSPS) is 7.39. The molecule has 3 N–H and O–H groups in total. The second-order valence-electron chi connectivity index (χ2n) is 3.94. The van der Waals surface area contributed by atoms with Gasteiger partial charge in [-0.25, -0.2) is 0 Å². The van der Waals surface area contributed by atoms with Crippen LogP contribution in [0.5, 0.6) is 0 Å². The van der Waals surface area contributed by atoms with Crippen LogP contribution in [0.1, 0.15) is 13.8 Å². The fourth-order valence-electron chi connectivity index (χ4n) is 1.27. The number of nitrogen functional groups attached to an aromatic ring is 1. The second kappa shape index (κ2) is 16.8. The van der Waals surface area contributed by atoms with Crippen LogP contribution in [0, 0.1) is 22.7 Å². The first-order chi connectivity index (χ1) is 10.7. The van der Waals surface area contributed by atoms with Gasteiger partial charge >= 0.3 is 0 Å². The maximum atomic E-state index is 8.25. The largest absolute Gasteiger partial charge is 0.399 e. The number of nitrogens with one attached hydrogen (secondary N) is 1. The lowest BCUT2D eigenvalue weighted by atomic mass is 10.3. The number of benzene rings is 2. The predicted molar refractivity (Wildman–Crippen MR) is 98.6 cm³/mol. The molecule has 2 aromatic carbocycles. The van der Waals surface area contributed by atoms with Crippen LogP contribution in [0.4, 0.5) is 11.4 Å². The Balaban J connectivity index is 0. The van der Waals surface area contributed by atoms with E-state index >= 15 is 0 Å². The smallest absolute Gasteiger partial charge is 0.0905 e. The van der Waals surface area contributed by atoms with Crippen molar-refractivity contribution in [3.8, 4) is 12.1 Å². The second-order valence-corrected chi connectivity index (χ2v) is 3.94. The van der Waals surface area contributed by atoms with Gasteiger partial charge in [-0.05, 0) is 24.3 Å². The van der Waals surface area contributed by atoms with Gasteiger partial charge in [0.1, 0.15) is 0 Å². The van der Waals surface area contributed by atoms with Crippen molar-refractivity contribution in [2.24, 2.45) is 0 Å². The summed E-state index contributed by atoms with van der Waals surface area (Å²) in [4.78, 5) is 0. The lowest BCUT2D eigenvalue weighted by molar-refractivity contribution is 1.08. The third-order valence-electron chi connectivity index (χ3n) is 2.23. The summed E-state index contributed by atoms with van der Waals surface area (Å²) in [6, 6.07) is 23.1. The summed E-state index contributed by atoms with van der Waals surface area (Å²) < 4.78 is 0. The fourth-order valence-corrected chi connectivity index (χ4v) is 1.27. The number of nitrogens with two attached hydrogens (primary N) is 1. The van der Waals surface area contributed by atoms with E-state index in [2.05, 4.69) is 18.0 Å². The number of anilines is 2. The molecule has 0 radical (unpaired) electrons. The standard InChI is InChI=1S/C9H10N2.C6H7N.C3H3N.CH4/c10-7-4-8-11-9-5-2-1-3-6-9;7-6-4-2-1-3-5-6;1-2-3-4;/h1-3,5-6,11H,4,8H2;1-5H,7H2;2H,1H2;1H4. The Kier molecular flexibility index (Phi) is 16.1. The lowest BCUT2D eigenvalue weighted by Crippen LogP contribution is -1.99. The molecule has 4 heteroatoms. The van der Waals surface area contributed by atoms with E-state index in [1.165, 1.54) is 6.08 Å². The summed E-state index contributed by atoms with van der Waals surface area (Å²) in [6.07, 6.45) is 1.73. The van der Waals surface area contributed by atoms with Gasteiger partial charge in [0.25, 0.3) is 0 Å². The molecule has 0 aliphatic rings. The summed E-state index contributed by atoms with van der Waals surface area (Å²) in [7, 11) is 0. The molecule has 0 spiro atoms. The topological polar surface area (TPSA) is 85.6 Å². The SMILES string of the molecule is C.C=CC#N.N#CCCNc1ccccc1.Nc1ccccc1. The molecule has 0 atom stereocenters. The van der Waals surface area contributed by atoms with Crippen LogP contribution in [0.25, 0.3) is 0 Å². The van der Waals surface area contributed by atoms with E-state index < -0.39 is 0 Å². The first-order valence-electron chi connectivity index (χ1n) is 6.71. The maximum absolute atomic E-state index is 8.25. The van der Waals surface area contributed by atoms with E-state index in [4.69, 9.17) is 16.3 Å². The Morgan fingerprint density at radius 3 is 1.83 bits per heavy atom. The molecule has 0 aromatic heterocycles. The van der Waals surface area contributed by atoms with Crippen molar-refractivity contribution in [2.75, 3.05) is 17.6 Å². The predicted octanol–water partition coefficient (Wildman–Crippen LogP) is 4.61.